The zero-order valence-electron chi connectivity index (χ0n) is 10.1. The van der Waals surface area contributed by atoms with E-state index in [4.69, 9.17) is 9.15 Å². The number of furan rings is 1. The van der Waals surface area contributed by atoms with Crippen LogP contribution in [0.4, 0.5) is 0 Å². The van der Waals surface area contributed by atoms with Gasteiger partial charge in [-0.25, -0.2) is 0 Å². The summed E-state index contributed by atoms with van der Waals surface area (Å²) in [7, 11) is 1.80. The lowest BCUT2D eigenvalue weighted by atomic mass is 10.1. The zero-order valence-corrected chi connectivity index (χ0v) is 10.1. The molecule has 16 heavy (non-hydrogen) atoms. The number of methoxy groups -OCH3 is 1. The van der Waals surface area contributed by atoms with Crippen LogP contribution in [0, 0.1) is 0 Å². The zero-order chi connectivity index (χ0) is 11.4. The Balaban J connectivity index is 1.88. The molecule has 1 aromatic rings. The molecule has 0 aromatic carbocycles. The fraction of sp³-hybridized carbons (Fsp3) is 0.692. The van der Waals surface area contributed by atoms with Crippen molar-refractivity contribution in [1.82, 2.24) is 5.32 Å². The number of hydrogen-bond donors (Lipinski definition) is 1. The molecule has 0 saturated heterocycles. The van der Waals surface area contributed by atoms with Crippen molar-refractivity contribution < 1.29 is 9.15 Å². The second-order valence-corrected chi connectivity index (χ2v) is 4.51. The summed E-state index contributed by atoms with van der Waals surface area (Å²) in [5.41, 5.74) is 0. The first kappa shape index (κ1) is 11.7. The quantitative estimate of drug-likeness (QED) is 0.833. The Kier molecular flexibility index (Phi) is 4.02. The average molecular weight is 223 g/mol. The minimum Gasteiger partial charge on any atom is -0.468 e. The van der Waals surface area contributed by atoms with E-state index in [-0.39, 0.29) is 0 Å². The lowest BCUT2D eigenvalue weighted by molar-refractivity contribution is 0.106. The van der Waals surface area contributed by atoms with Crippen LogP contribution in [-0.2, 0) is 4.74 Å². The van der Waals surface area contributed by atoms with Gasteiger partial charge in [-0.15, -0.1) is 0 Å². The maximum Gasteiger partial charge on any atom is 0.120 e. The number of ether oxygens (including phenoxy) is 1. The highest BCUT2D eigenvalue weighted by atomic mass is 16.5. The fourth-order valence-electron chi connectivity index (χ4n) is 2.48. The molecule has 3 atom stereocenters. The molecule has 0 spiro atoms. The van der Waals surface area contributed by atoms with Gasteiger partial charge < -0.3 is 14.5 Å². The van der Waals surface area contributed by atoms with E-state index in [0.717, 1.165) is 18.6 Å². The molecule has 0 radical (unpaired) electrons. The van der Waals surface area contributed by atoms with E-state index in [1.165, 1.54) is 12.8 Å². The smallest absolute Gasteiger partial charge is 0.120 e. The summed E-state index contributed by atoms with van der Waals surface area (Å²) in [6, 6.07) is 4.91. The monoisotopic (exact) mass is 223 g/mol. The average Bonchev–Trinajstić information content (AvgIpc) is 2.96. The van der Waals surface area contributed by atoms with Crippen molar-refractivity contribution in [3.8, 4) is 0 Å². The summed E-state index contributed by atoms with van der Waals surface area (Å²) >= 11 is 0. The van der Waals surface area contributed by atoms with Crippen LogP contribution < -0.4 is 5.32 Å². The molecule has 0 aliphatic heterocycles. The van der Waals surface area contributed by atoms with Gasteiger partial charge in [0, 0.05) is 13.2 Å². The first-order valence-corrected chi connectivity index (χ1v) is 6.15. The number of rotatable bonds is 5. The molecular formula is C13H21NO2. The van der Waals surface area contributed by atoms with E-state index in [9.17, 15) is 0 Å². The van der Waals surface area contributed by atoms with Gasteiger partial charge in [-0.2, -0.15) is 0 Å². The Morgan fingerprint density at radius 3 is 3.00 bits per heavy atom. The highest BCUT2D eigenvalue weighted by Gasteiger charge is 2.26. The highest BCUT2D eigenvalue weighted by molar-refractivity contribution is 5.04. The molecular weight excluding hydrogens is 202 g/mol. The van der Waals surface area contributed by atoms with Gasteiger partial charge in [-0.3, -0.25) is 0 Å². The molecule has 3 unspecified atom stereocenters. The van der Waals surface area contributed by atoms with E-state index in [1.54, 1.807) is 13.4 Å². The second kappa shape index (κ2) is 5.51. The maximum absolute atomic E-state index is 5.46. The molecule has 2 rings (SSSR count). The highest BCUT2D eigenvalue weighted by Crippen LogP contribution is 2.25. The van der Waals surface area contributed by atoms with Crippen molar-refractivity contribution in [3.05, 3.63) is 24.2 Å². The molecule has 1 N–H and O–H groups in total. The second-order valence-electron chi connectivity index (χ2n) is 4.51. The Bertz CT molecular complexity index is 297. The molecule has 1 aliphatic carbocycles. The Hall–Kier alpha value is -0.800. The molecule has 3 heteroatoms. The van der Waals surface area contributed by atoms with Crippen molar-refractivity contribution >= 4 is 0 Å². The van der Waals surface area contributed by atoms with Crippen molar-refractivity contribution in [2.24, 2.45) is 0 Å². The van der Waals surface area contributed by atoms with Crippen molar-refractivity contribution in [2.45, 2.75) is 50.8 Å². The van der Waals surface area contributed by atoms with E-state index >= 15 is 0 Å². The normalized spacial score (nSPS) is 27.1. The SMILES string of the molecule is CCC(NC1CCC(OC)C1)c1ccco1. The molecule has 3 nitrogen and oxygen atoms in total. The molecule has 0 bridgehead atoms. The Morgan fingerprint density at radius 1 is 1.56 bits per heavy atom. The first-order valence-electron chi connectivity index (χ1n) is 6.15. The summed E-state index contributed by atoms with van der Waals surface area (Å²) in [4.78, 5) is 0. The Labute approximate surface area is 97.2 Å². The van der Waals surface area contributed by atoms with E-state index < -0.39 is 0 Å². The van der Waals surface area contributed by atoms with Crippen LogP contribution in [-0.4, -0.2) is 19.3 Å². The molecule has 1 heterocycles. The predicted octanol–water partition coefficient (Wildman–Crippen LogP) is 2.89. The van der Waals surface area contributed by atoms with Gasteiger partial charge in [0.25, 0.3) is 0 Å². The van der Waals surface area contributed by atoms with E-state index in [1.807, 2.05) is 12.1 Å². The molecule has 90 valence electrons. The third kappa shape index (κ3) is 2.66. The lowest BCUT2D eigenvalue weighted by Gasteiger charge is -2.20. The summed E-state index contributed by atoms with van der Waals surface area (Å²) in [5.74, 6) is 1.04. The number of hydrogen-bond acceptors (Lipinski definition) is 3. The van der Waals surface area contributed by atoms with Gasteiger partial charge in [-0.1, -0.05) is 6.92 Å². The van der Waals surface area contributed by atoms with Crippen LogP contribution in [0.25, 0.3) is 0 Å². The Morgan fingerprint density at radius 2 is 2.44 bits per heavy atom. The van der Waals surface area contributed by atoms with Crippen molar-refractivity contribution in [2.75, 3.05) is 7.11 Å². The van der Waals surface area contributed by atoms with Crippen molar-refractivity contribution in [3.63, 3.8) is 0 Å². The first-order chi connectivity index (χ1) is 7.83. The van der Waals surface area contributed by atoms with Gasteiger partial charge in [0.2, 0.25) is 0 Å². The largest absolute Gasteiger partial charge is 0.468 e. The third-order valence-electron chi connectivity index (χ3n) is 3.45. The van der Waals surface area contributed by atoms with E-state index in [0.29, 0.717) is 18.2 Å². The molecule has 1 saturated carbocycles. The van der Waals surface area contributed by atoms with Crippen LogP contribution >= 0.6 is 0 Å². The van der Waals surface area contributed by atoms with Gasteiger partial charge in [0.15, 0.2) is 0 Å². The van der Waals surface area contributed by atoms with Crippen molar-refractivity contribution in [1.29, 1.82) is 0 Å². The summed E-state index contributed by atoms with van der Waals surface area (Å²) < 4.78 is 10.8. The molecule has 1 aliphatic rings. The summed E-state index contributed by atoms with van der Waals surface area (Å²) in [6.45, 7) is 2.18. The standard InChI is InChI=1S/C13H21NO2/c1-3-12(13-5-4-8-16-13)14-10-6-7-11(9-10)15-2/h4-5,8,10-12,14H,3,6-7,9H2,1-2H3. The fourth-order valence-corrected chi connectivity index (χ4v) is 2.48. The van der Waals surface area contributed by atoms with Crippen LogP contribution in [0.1, 0.15) is 44.4 Å². The predicted molar refractivity (Wildman–Crippen MR) is 63.3 cm³/mol. The van der Waals surface area contributed by atoms with Gasteiger partial charge >= 0.3 is 0 Å². The summed E-state index contributed by atoms with van der Waals surface area (Å²) in [5, 5.41) is 3.66. The maximum atomic E-state index is 5.46. The minimum atomic E-state index is 0.343. The molecule has 1 fully saturated rings. The minimum absolute atomic E-state index is 0.343. The summed E-state index contributed by atoms with van der Waals surface area (Å²) in [6.07, 6.45) is 6.73. The third-order valence-corrected chi connectivity index (χ3v) is 3.45. The number of nitrogens with one attached hydrogen (secondary N) is 1. The van der Waals surface area contributed by atoms with Gasteiger partial charge in [0.1, 0.15) is 5.76 Å². The van der Waals surface area contributed by atoms with Gasteiger partial charge in [0.05, 0.1) is 18.4 Å². The molecule has 0 amide bonds. The van der Waals surface area contributed by atoms with Crippen LogP contribution in [0.3, 0.4) is 0 Å². The topological polar surface area (TPSA) is 34.4 Å². The van der Waals surface area contributed by atoms with E-state index in [2.05, 4.69) is 12.2 Å². The van der Waals surface area contributed by atoms with Crippen LogP contribution in [0.2, 0.25) is 0 Å². The van der Waals surface area contributed by atoms with Crippen LogP contribution in [0.15, 0.2) is 22.8 Å². The van der Waals surface area contributed by atoms with Crippen LogP contribution in [0.5, 0.6) is 0 Å². The van der Waals surface area contributed by atoms with Gasteiger partial charge in [-0.05, 0) is 37.8 Å². The lowest BCUT2D eigenvalue weighted by Crippen LogP contribution is -2.31. The molecule has 1 aromatic heterocycles.